The number of piperazine rings is 1. The molecule has 0 spiro atoms. The summed E-state index contributed by atoms with van der Waals surface area (Å²) < 4.78 is 0. The largest absolute Gasteiger partial charge is 0.339 e. The average molecular weight is 366 g/mol. The van der Waals surface area contributed by atoms with Gasteiger partial charge in [-0.15, -0.1) is 0 Å². The first-order valence-corrected chi connectivity index (χ1v) is 9.28. The Morgan fingerprint density at radius 1 is 0.960 bits per heavy atom. The van der Waals surface area contributed by atoms with Crippen molar-refractivity contribution in [3.8, 4) is 0 Å². The van der Waals surface area contributed by atoms with E-state index in [2.05, 4.69) is 0 Å². The van der Waals surface area contributed by atoms with Crippen molar-refractivity contribution < 1.29 is 9.59 Å². The van der Waals surface area contributed by atoms with Gasteiger partial charge >= 0.3 is 0 Å². The van der Waals surface area contributed by atoms with E-state index in [0.29, 0.717) is 39.0 Å². The number of benzene rings is 1. The number of amides is 2. The molecule has 2 amide bonds. The number of rotatable bonds is 7. The van der Waals surface area contributed by atoms with Gasteiger partial charge in [-0.2, -0.15) is 0 Å². The molecule has 1 fully saturated rings. The molecule has 0 N–H and O–H groups in total. The molecule has 0 bridgehead atoms. The highest BCUT2D eigenvalue weighted by Crippen LogP contribution is 2.13. The zero-order valence-electron chi connectivity index (χ0n) is 15.2. The van der Waals surface area contributed by atoms with Crippen molar-refractivity contribution in [1.82, 2.24) is 14.7 Å². The lowest BCUT2D eigenvalue weighted by molar-refractivity contribution is -0.139. The van der Waals surface area contributed by atoms with Crippen LogP contribution in [0.3, 0.4) is 0 Å². The Morgan fingerprint density at radius 2 is 1.48 bits per heavy atom. The van der Waals surface area contributed by atoms with Crippen LogP contribution in [0.5, 0.6) is 0 Å². The molecule has 1 aliphatic rings. The highest BCUT2D eigenvalue weighted by Gasteiger charge is 2.23. The fourth-order valence-corrected chi connectivity index (χ4v) is 3.06. The predicted molar refractivity (Wildman–Crippen MR) is 101 cm³/mol. The highest BCUT2D eigenvalue weighted by molar-refractivity contribution is 6.30. The van der Waals surface area contributed by atoms with E-state index in [-0.39, 0.29) is 11.8 Å². The molecule has 0 atom stereocenters. The zero-order valence-corrected chi connectivity index (χ0v) is 16.0. The van der Waals surface area contributed by atoms with Gasteiger partial charge in [-0.25, -0.2) is 0 Å². The van der Waals surface area contributed by atoms with Gasteiger partial charge in [0.05, 0.1) is 0 Å². The van der Waals surface area contributed by atoms with Crippen molar-refractivity contribution in [2.24, 2.45) is 0 Å². The highest BCUT2D eigenvalue weighted by atomic mass is 35.5. The molecule has 5 nitrogen and oxygen atoms in total. The molecular weight excluding hydrogens is 338 g/mol. The Balaban J connectivity index is 1.66. The second kappa shape index (κ2) is 9.78. The first kappa shape index (κ1) is 19.7. The smallest absolute Gasteiger partial charge is 0.223 e. The van der Waals surface area contributed by atoms with Crippen LogP contribution in [0, 0.1) is 0 Å². The lowest BCUT2D eigenvalue weighted by Gasteiger charge is -2.35. The Morgan fingerprint density at radius 3 is 2.00 bits per heavy atom. The molecule has 1 heterocycles. The fourth-order valence-electron chi connectivity index (χ4n) is 2.94. The molecule has 0 aromatic heterocycles. The van der Waals surface area contributed by atoms with E-state index in [1.165, 1.54) is 5.56 Å². The lowest BCUT2D eigenvalue weighted by Crippen LogP contribution is -2.50. The standard InChI is InChI=1S/C19H28ClN3O2/c1-21(2)11-10-19(25)23-14-12-22(13-15-23)18(24)5-3-4-16-6-8-17(20)9-7-16/h6-9H,3-5,10-15H2,1-2H3. The van der Waals surface area contributed by atoms with Crippen LogP contribution < -0.4 is 0 Å². The maximum atomic E-state index is 12.3. The van der Waals surface area contributed by atoms with Crippen molar-refractivity contribution in [1.29, 1.82) is 0 Å². The number of hydrogen-bond acceptors (Lipinski definition) is 3. The Labute approximate surface area is 155 Å². The first-order valence-electron chi connectivity index (χ1n) is 8.90. The number of aryl methyl sites for hydroxylation is 1. The van der Waals surface area contributed by atoms with Crippen molar-refractivity contribution in [3.63, 3.8) is 0 Å². The van der Waals surface area contributed by atoms with Gasteiger partial charge in [0, 0.05) is 50.6 Å². The van der Waals surface area contributed by atoms with Gasteiger partial charge in [0.1, 0.15) is 0 Å². The van der Waals surface area contributed by atoms with Gasteiger partial charge in [-0.1, -0.05) is 23.7 Å². The molecule has 1 aromatic carbocycles. The summed E-state index contributed by atoms with van der Waals surface area (Å²) in [6.07, 6.45) is 2.81. The van der Waals surface area contributed by atoms with E-state index in [9.17, 15) is 9.59 Å². The summed E-state index contributed by atoms with van der Waals surface area (Å²) in [6.45, 7) is 3.36. The zero-order chi connectivity index (χ0) is 18.2. The van der Waals surface area contributed by atoms with Crippen molar-refractivity contribution in [2.75, 3.05) is 46.8 Å². The number of nitrogens with zero attached hydrogens (tertiary/aromatic N) is 3. The average Bonchev–Trinajstić information content (AvgIpc) is 2.61. The minimum atomic E-state index is 0.184. The molecule has 0 unspecified atom stereocenters. The van der Waals surface area contributed by atoms with E-state index in [4.69, 9.17) is 11.6 Å². The van der Waals surface area contributed by atoms with E-state index in [1.807, 2.05) is 53.1 Å². The number of carbonyl (C=O) groups is 2. The third-order valence-corrected chi connectivity index (χ3v) is 4.78. The van der Waals surface area contributed by atoms with E-state index < -0.39 is 0 Å². The second-order valence-corrected chi connectivity index (χ2v) is 7.23. The summed E-state index contributed by atoms with van der Waals surface area (Å²) >= 11 is 5.88. The Bertz CT molecular complexity index is 567. The second-order valence-electron chi connectivity index (χ2n) is 6.79. The molecule has 1 aliphatic heterocycles. The minimum absolute atomic E-state index is 0.184. The quantitative estimate of drug-likeness (QED) is 0.744. The van der Waals surface area contributed by atoms with Gasteiger partial charge in [0.25, 0.3) is 0 Å². The first-order chi connectivity index (χ1) is 12.0. The molecule has 0 aliphatic carbocycles. The third kappa shape index (κ3) is 6.67. The van der Waals surface area contributed by atoms with Gasteiger partial charge in [0.15, 0.2) is 0 Å². The summed E-state index contributed by atoms with van der Waals surface area (Å²) in [5, 5.41) is 0.734. The summed E-state index contributed by atoms with van der Waals surface area (Å²) in [6, 6.07) is 7.77. The Kier molecular flexibility index (Phi) is 7.72. The molecular formula is C19H28ClN3O2. The van der Waals surface area contributed by atoms with Crippen LogP contribution in [0.2, 0.25) is 5.02 Å². The van der Waals surface area contributed by atoms with Crippen molar-refractivity contribution >= 4 is 23.4 Å². The summed E-state index contributed by atoms with van der Waals surface area (Å²) in [7, 11) is 3.93. The monoisotopic (exact) mass is 365 g/mol. The van der Waals surface area contributed by atoms with Crippen LogP contribution in [0.4, 0.5) is 0 Å². The molecule has 6 heteroatoms. The number of carbonyl (C=O) groups excluding carboxylic acids is 2. The van der Waals surface area contributed by atoms with Gasteiger partial charge in [-0.05, 0) is 44.6 Å². The maximum absolute atomic E-state index is 12.3. The van der Waals surface area contributed by atoms with E-state index in [1.54, 1.807) is 0 Å². The molecule has 0 saturated carbocycles. The fraction of sp³-hybridized carbons (Fsp3) is 0.579. The topological polar surface area (TPSA) is 43.9 Å². The van der Waals surface area contributed by atoms with Gasteiger partial charge in [-0.3, -0.25) is 9.59 Å². The van der Waals surface area contributed by atoms with E-state index >= 15 is 0 Å². The van der Waals surface area contributed by atoms with Gasteiger partial charge < -0.3 is 14.7 Å². The van der Waals surface area contributed by atoms with Crippen LogP contribution in [0.25, 0.3) is 0 Å². The SMILES string of the molecule is CN(C)CCC(=O)N1CCN(C(=O)CCCc2ccc(Cl)cc2)CC1. The van der Waals surface area contributed by atoms with Crippen molar-refractivity contribution in [3.05, 3.63) is 34.9 Å². The molecule has 25 heavy (non-hydrogen) atoms. The molecule has 1 saturated heterocycles. The summed E-state index contributed by atoms with van der Waals surface area (Å²) in [4.78, 5) is 30.2. The summed E-state index contributed by atoms with van der Waals surface area (Å²) in [5.74, 6) is 0.373. The third-order valence-electron chi connectivity index (χ3n) is 4.53. The molecule has 0 radical (unpaired) electrons. The predicted octanol–water partition coefficient (Wildman–Crippen LogP) is 2.29. The molecule has 138 valence electrons. The minimum Gasteiger partial charge on any atom is -0.339 e. The van der Waals surface area contributed by atoms with Crippen molar-refractivity contribution in [2.45, 2.75) is 25.7 Å². The van der Waals surface area contributed by atoms with Crippen LogP contribution >= 0.6 is 11.6 Å². The number of halogens is 1. The maximum Gasteiger partial charge on any atom is 0.223 e. The number of hydrogen-bond donors (Lipinski definition) is 0. The van der Waals surface area contributed by atoms with Crippen LogP contribution in [0.1, 0.15) is 24.8 Å². The lowest BCUT2D eigenvalue weighted by atomic mass is 10.1. The summed E-state index contributed by atoms with van der Waals surface area (Å²) in [5.41, 5.74) is 1.20. The normalized spacial score (nSPS) is 14.9. The molecule has 2 rings (SSSR count). The van der Waals surface area contributed by atoms with Crippen LogP contribution in [-0.4, -0.2) is 73.3 Å². The molecule has 1 aromatic rings. The van der Waals surface area contributed by atoms with E-state index in [0.717, 1.165) is 24.4 Å². The van der Waals surface area contributed by atoms with Gasteiger partial charge in [0.2, 0.25) is 11.8 Å². The van der Waals surface area contributed by atoms with Crippen LogP contribution in [-0.2, 0) is 16.0 Å². The Hall–Kier alpha value is -1.59. The van der Waals surface area contributed by atoms with Crippen LogP contribution in [0.15, 0.2) is 24.3 Å².